The summed E-state index contributed by atoms with van der Waals surface area (Å²) < 4.78 is 5.41. The number of Topliss-reactive ketones (excluding diaryl/α,β-unsaturated/α-hetero) is 1. The quantitative estimate of drug-likeness (QED) is 0.600. The fourth-order valence-electron chi connectivity index (χ4n) is 2.40. The van der Waals surface area contributed by atoms with Gasteiger partial charge in [0.1, 0.15) is 5.75 Å². The molecule has 0 fully saturated rings. The van der Waals surface area contributed by atoms with Gasteiger partial charge in [-0.15, -0.1) is 0 Å². The van der Waals surface area contributed by atoms with Crippen LogP contribution in [-0.2, 0) is 4.79 Å². The largest absolute Gasteiger partial charge is 0.484 e. The fraction of sp³-hybridized carbons (Fsp3) is 0.167. The molecule has 3 aromatic rings. The first-order chi connectivity index (χ1) is 12.0. The molecule has 2 aromatic carbocycles. The molecule has 0 radical (unpaired) electrons. The average Bonchev–Trinajstić information content (AvgIpc) is 2.99. The Balaban J connectivity index is 1.58. The van der Waals surface area contributed by atoms with Gasteiger partial charge in [-0.05, 0) is 42.5 Å². The Morgan fingerprint density at radius 2 is 1.76 bits per heavy atom. The monoisotopic (exact) mass is 339 g/mol. The van der Waals surface area contributed by atoms with Crippen molar-refractivity contribution in [1.82, 2.24) is 9.97 Å². The smallest absolute Gasteiger partial charge is 0.323 e. The van der Waals surface area contributed by atoms with E-state index in [1.807, 2.05) is 0 Å². The highest BCUT2D eigenvalue weighted by Gasteiger charge is 2.07. The van der Waals surface area contributed by atoms with E-state index in [1.165, 1.54) is 0 Å². The number of aromatic nitrogens is 2. The summed E-state index contributed by atoms with van der Waals surface area (Å²) in [4.78, 5) is 40.0. The summed E-state index contributed by atoms with van der Waals surface area (Å²) in [6.45, 7) is 1.64. The Morgan fingerprint density at radius 1 is 1.04 bits per heavy atom. The summed E-state index contributed by atoms with van der Waals surface area (Å²) in [5.74, 6) is 0.238. The van der Waals surface area contributed by atoms with Gasteiger partial charge in [0.2, 0.25) is 0 Å². The zero-order valence-electron chi connectivity index (χ0n) is 13.6. The van der Waals surface area contributed by atoms with Crippen LogP contribution in [0, 0.1) is 0 Å². The third kappa shape index (κ3) is 3.95. The van der Waals surface area contributed by atoms with Gasteiger partial charge in [0.15, 0.2) is 12.4 Å². The standard InChI is InChI=1S/C18H17N3O4/c1-2-16(22)11-3-6-13(7-4-11)25-10-17(23)19-12-5-8-14-15(9-12)21-18(24)20-14/h3-9H,2,10H2,1H3,(H,19,23)(H2,20,21,24). The number of aromatic amines is 2. The van der Waals surface area contributed by atoms with Crippen LogP contribution >= 0.6 is 0 Å². The molecular weight excluding hydrogens is 322 g/mol. The molecule has 128 valence electrons. The molecule has 3 rings (SSSR count). The van der Waals surface area contributed by atoms with E-state index in [0.29, 0.717) is 34.5 Å². The molecule has 7 heteroatoms. The Kier molecular flexibility index (Phi) is 4.65. The first-order valence-electron chi connectivity index (χ1n) is 7.83. The van der Waals surface area contributed by atoms with Crippen LogP contribution in [0.15, 0.2) is 47.3 Å². The number of fused-ring (bicyclic) bond motifs is 1. The second-order valence-corrected chi connectivity index (χ2v) is 5.48. The van der Waals surface area contributed by atoms with Gasteiger partial charge in [0.25, 0.3) is 5.91 Å². The highest BCUT2D eigenvalue weighted by molar-refractivity contribution is 5.96. The summed E-state index contributed by atoms with van der Waals surface area (Å²) in [5.41, 5.74) is 2.15. The first-order valence-corrected chi connectivity index (χ1v) is 7.83. The van der Waals surface area contributed by atoms with Crippen LogP contribution in [0.2, 0.25) is 0 Å². The van der Waals surface area contributed by atoms with Gasteiger partial charge < -0.3 is 20.0 Å². The molecule has 1 amide bonds. The van der Waals surface area contributed by atoms with E-state index >= 15 is 0 Å². The molecule has 0 aliphatic heterocycles. The van der Waals surface area contributed by atoms with Gasteiger partial charge in [-0.1, -0.05) is 6.92 Å². The number of benzene rings is 2. The summed E-state index contributed by atoms with van der Waals surface area (Å²) in [6.07, 6.45) is 0.444. The maximum atomic E-state index is 12.0. The van der Waals surface area contributed by atoms with Crippen molar-refractivity contribution in [3.8, 4) is 5.75 Å². The van der Waals surface area contributed by atoms with Gasteiger partial charge in [-0.3, -0.25) is 9.59 Å². The van der Waals surface area contributed by atoms with E-state index < -0.39 is 0 Å². The Bertz CT molecular complexity index is 970. The molecule has 0 bridgehead atoms. The molecule has 0 spiro atoms. The molecule has 0 aliphatic carbocycles. The van der Waals surface area contributed by atoms with Crippen LogP contribution in [0.1, 0.15) is 23.7 Å². The highest BCUT2D eigenvalue weighted by atomic mass is 16.5. The summed E-state index contributed by atoms with van der Waals surface area (Å²) in [6, 6.07) is 11.7. The lowest BCUT2D eigenvalue weighted by atomic mass is 10.1. The lowest BCUT2D eigenvalue weighted by Crippen LogP contribution is -2.20. The molecule has 0 aliphatic rings. The molecule has 0 saturated carbocycles. The SMILES string of the molecule is CCC(=O)c1ccc(OCC(=O)Nc2ccc3[nH]c(=O)[nH]c3c2)cc1. The van der Waals surface area contributed by atoms with Crippen molar-refractivity contribution >= 4 is 28.4 Å². The van der Waals surface area contributed by atoms with Crippen molar-refractivity contribution in [2.24, 2.45) is 0 Å². The van der Waals surface area contributed by atoms with Crippen molar-refractivity contribution in [3.63, 3.8) is 0 Å². The van der Waals surface area contributed by atoms with Crippen LogP contribution < -0.4 is 15.7 Å². The summed E-state index contributed by atoms with van der Waals surface area (Å²) in [7, 11) is 0. The van der Waals surface area contributed by atoms with Gasteiger partial charge in [-0.2, -0.15) is 0 Å². The number of imidazole rings is 1. The Morgan fingerprint density at radius 3 is 2.48 bits per heavy atom. The number of ketones is 1. The predicted octanol–water partition coefficient (Wildman–Crippen LogP) is 2.47. The topological polar surface area (TPSA) is 104 Å². The Hall–Kier alpha value is -3.35. The maximum absolute atomic E-state index is 12.0. The van der Waals surface area contributed by atoms with Crippen LogP contribution in [-0.4, -0.2) is 28.3 Å². The first kappa shape index (κ1) is 16.5. The number of carbonyl (C=O) groups is 2. The number of amides is 1. The fourth-order valence-corrected chi connectivity index (χ4v) is 2.40. The van der Waals surface area contributed by atoms with E-state index in [4.69, 9.17) is 4.74 Å². The van der Waals surface area contributed by atoms with Gasteiger partial charge in [0.05, 0.1) is 11.0 Å². The number of hydrogen-bond acceptors (Lipinski definition) is 4. The predicted molar refractivity (Wildman–Crippen MR) is 94.1 cm³/mol. The molecule has 1 aromatic heterocycles. The lowest BCUT2D eigenvalue weighted by molar-refractivity contribution is -0.118. The van der Waals surface area contributed by atoms with Crippen molar-refractivity contribution in [3.05, 3.63) is 58.5 Å². The van der Waals surface area contributed by atoms with Gasteiger partial charge in [-0.25, -0.2) is 4.79 Å². The second-order valence-electron chi connectivity index (χ2n) is 5.48. The van der Waals surface area contributed by atoms with Crippen LogP contribution in [0.4, 0.5) is 5.69 Å². The molecule has 0 saturated heterocycles. The van der Waals surface area contributed by atoms with E-state index in [0.717, 1.165) is 0 Å². The van der Waals surface area contributed by atoms with Crippen molar-refractivity contribution in [2.75, 3.05) is 11.9 Å². The van der Waals surface area contributed by atoms with Crippen molar-refractivity contribution in [2.45, 2.75) is 13.3 Å². The molecule has 0 atom stereocenters. The number of carbonyl (C=O) groups excluding carboxylic acids is 2. The summed E-state index contributed by atoms with van der Waals surface area (Å²) >= 11 is 0. The van der Waals surface area contributed by atoms with E-state index in [9.17, 15) is 14.4 Å². The minimum absolute atomic E-state index is 0.0579. The van der Waals surface area contributed by atoms with Crippen LogP contribution in [0.3, 0.4) is 0 Å². The van der Waals surface area contributed by atoms with Gasteiger partial charge >= 0.3 is 5.69 Å². The Labute approximate surface area is 143 Å². The molecule has 1 heterocycles. The second kappa shape index (κ2) is 7.04. The van der Waals surface area contributed by atoms with Gasteiger partial charge in [0, 0.05) is 17.7 Å². The minimum atomic E-state index is -0.328. The third-order valence-electron chi connectivity index (χ3n) is 3.67. The normalized spacial score (nSPS) is 10.6. The molecular formula is C18H17N3O4. The van der Waals surface area contributed by atoms with Crippen molar-refractivity contribution in [1.29, 1.82) is 0 Å². The minimum Gasteiger partial charge on any atom is -0.484 e. The van der Waals surface area contributed by atoms with E-state index in [2.05, 4.69) is 15.3 Å². The average molecular weight is 339 g/mol. The van der Waals surface area contributed by atoms with Crippen molar-refractivity contribution < 1.29 is 14.3 Å². The molecule has 25 heavy (non-hydrogen) atoms. The lowest BCUT2D eigenvalue weighted by Gasteiger charge is -2.08. The molecule has 7 nitrogen and oxygen atoms in total. The van der Waals surface area contributed by atoms with Crippen LogP contribution in [0.5, 0.6) is 5.75 Å². The molecule has 3 N–H and O–H groups in total. The number of H-pyrrole nitrogens is 2. The number of anilines is 1. The van der Waals surface area contributed by atoms with E-state index in [1.54, 1.807) is 49.4 Å². The van der Waals surface area contributed by atoms with Crippen LogP contribution in [0.25, 0.3) is 11.0 Å². The molecule has 0 unspecified atom stereocenters. The number of hydrogen-bond donors (Lipinski definition) is 3. The third-order valence-corrected chi connectivity index (χ3v) is 3.67. The number of rotatable bonds is 6. The zero-order valence-corrected chi connectivity index (χ0v) is 13.6. The number of ether oxygens (including phenoxy) is 1. The van der Waals surface area contributed by atoms with E-state index in [-0.39, 0.29) is 24.0 Å². The maximum Gasteiger partial charge on any atom is 0.323 e. The highest BCUT2D eigenvalue weighted by Crippen LogP contribution is 2.16. The summed E-state index contributed by atoms with van der Waals surface area (Å²) in [5, 5.41) is 2.70. The number of nitrogens with one attached hydrogen (secondary N) is 3. The zero-order chi connectivity index (χ0) is 17.8.